The summed E-state index contributed by atoms with van der Waals surface area (Å²) in [5.74, 6) is -11.7. The average Bonchev–Trinajstić information content (AvgIpc) is 3.18. The maximum Gasteiger partial charge on any atom is 0.326 e. The van der Waals surface area contributed by atoms with Gasteiger partial charge >= 0.3 is 17.9 Å². The smallest absolute Gasteiger partial charge is 0.326 e. The van der Waals surface area contributed by atoms with Crippen LogP contribution in [0.15, 0.2) is 30.3 Å². The van der Waals surface area contributed by atoms with Gasteiger partial charge in [0.25, 0.3) is 0 Å². The number of carboxylic acid groups (broad SMARTS) is 3. The maximum absolute atomic E-state index is 13.6. The Labute approximate surface area is 365 Å². The van der Waals surface area contributed by atoms with Gasteiger partial charge in [-0.05, 0) is 50.0 Å². The third kappa shape index (κ3) is 21.0. The van der Waals surface area contributed by atoms with Crippen molar-refractivity contribution in [3.63, 3.8) is 0 Å². The van der Waals surface area contributed by atoms with Crippen molar-refractivity contribution in [1.82, 2.24) is 31.9 Å². The van der Waals surface area contributed by atoms with Crippen LogP contribution in [-0.2, 0) is 54.4 Å². The number of nitrogens with two attached hydrogens (primary N) is 2. The lowest BCUT2D eigenvalue weighted by Crippen LogP contribution is -2.59. The fourth-order valence-electron chi connectivity index (χ4n) is 6.19. The van der Waals surface area contributed by atoms with Gasteiger partial charge in [0.2, 0.25) is 41.4 Å². The van der Waals surface area contributed by atoms with Crippen LogP contribution in [0.2, 0.25) is 0 Å². The Bertz CT molecular complexity index is 1760. The van der Waals surface area contributed by atoms with Crippen LogP contribution in [-0.4, -0.2) is 128 Å². The molecule has 9 atom stereocenters. The molecule has 0 aliphatic heterocycles. The minimum atomic E-state index is -1.57. The molecule has 0 fully saturated rings. The van der Waals surface area contributed by atoms with E-state index in [9.17, 15) is 63.3 Å². The topological polar surface area (TPSA) is 376 Å². The van der Waals surface area contributed by atoms with E-state index in [1.54, 1.807) is 58.0 Å². The number of aliphatic hydroxyl groups is 1. The molecule has 0 aliphatic rings. The second kappa shape index (κ2) is 27.0. The van der Waals surface area contributed by atoms with E-state index in [1.807, 2.05) is 0 Å². The van der Waals surface area contributed by atoms with Gasteiger partial charge in [-0.25, -0.2) is 4.79 Å². The van der Waals surface area contributed by atoms with Crippen LogP contribution in [0.4, 0.5) is 0 Å². The minimum Gasteiger partial charge on any atom is -0.481 e. The largest absolute Gasteiger partial charge is 0.481 e. The first-order chi connectivity index (χ1) is 29.3. The Morgan fingerprint density at radius 1 is 0.603 bits per heavy atom. The molecule has 0 aromatic heterocycles. The standard InChI is InChI=1S/C41H64N8O14/c1-20(2)16-27(46-39(60)28(19-31(43)51)47-40(61)34(21(3)4)49-37(58)25(42)12-14-32(52)53)30(50)17-22(5)35(56)44-23(6)36(57)45-26(13-15-33(54)55)38(59)48-29(41(62)63)18-24-10-8-7-9-11-24/h7-11,20-23,25-30,34,50H,12-19,42H2,1-6H3,(H2,43,51)(H,44,56)(H,45,57)(H,46,60)(H,47,61)(H,48,59)(H,49,58)(H,52,53)(H,54,55)(H,62,63)/t22-,23+,25+,26+,27-,28+,29+,30-,34+/m1/s1. The van der Waals surface area contributed by atoms with Gasteiger partial charge in [-0.2, -0.15) is 0 Å². The van der Waals surface area contributed by atoms with Crippen molar-refractivity contribution < 1.29 is 68.4 Å². The first-order valence-electron chi connectivity index (χ1n) is 20.6. The number of hydrogen-bond acceptors (Lipinski definition) is 12. The van der Waals surface area contributed by atoms with Crippen LogP contribution in [0.5, 0.6) is 0 Å². The molecule has 0 saturated heterocycles. The lowest BCUT2D eigenvalue weighted by molar-refractivity contribution is -0.143. The lowest BCUT2D eigenvalue weighted by atomic mass is 9.92. The summed E-state index contributed by atoms with van der Waals surface area (Å²) in [5, 5.41) is 53.8. The normalized spacial score (nSPS) is 15.5. The van der Waals surface area contributed by atoms with E-state index < -0.39 is 145 Å². The number of aliphatic hydroxyl groups excluding tert-OH is 1. The van der Waals surface area contributed by atoms with Crippen LogP contribution < -0.4 is 43.4 Å². The molecule has 0 aliphatic carbocycles. The monoisotopic (exact) mass is 892 g/mol. The molecule has 0 heterocycles. The minimum absolute atomic E-state index is 0.0978. The molecule has 0 unspecified atom stereocenters. The highest BCUT2D eigenvalue weighted by atomic mass is 16.4. The third-order valence-corrected chi connectivity index (χ3v) is 9.78. The van der Waals surface area contributed by atoms with Gasteiger partial charge in [0.15, 0.2) is 0 Å². The fraction of sp³-hybridized carbons (Fsp3) is 0.610. The number of aliphatic carboxylic acids is 3. The van der Waals surface area contributed by atoms with E-state index in [1.165, 1.54) is 13.8 Å². The highest BCUT2D eigenvalue weighted by Crippen LogP contribution is 2.17. The predicted molar refractivity (Wildman–Crippen MR) is 225 cm³/mol. The summed E-state index contributed by atoms with van der Waals surface area (Å²) in [4.78, 5) is 125. The predicted octanol–water partition coefficient (Wildman–Crippen LogP) is -1.74. The first kappa shape index (κ1) is 54.9. The summed E-state index contributed by atoms with van der Waals surface area (Å²) in [6.07, 6.45) is -3.85. The van der Waals surface area contributed by atoms with Gasteiger partial charge in [0.1, 0.15) is 30.2 Å². The zero-order chi connectivity index (χ0) is 48.1. The number of nitrogens with one attached hydrogen (secondary N) is 6. The molecule has 1 aromatic rings. The second-order valence-corrected chi connectivity index (χ2v) is 16.3. The molecule has 0 saturated carbocycles. The zero-order valence-electron chi connectivity index (χ0n) is 36.4. The number of benzene rings is 1. The first-order valence-corrected chi connectivity index (χ1v) is 20.6. The van der Waals surface area contributed by atoms with Gasteiger partial charge in [-0.15, -0.1) is 0 Å². The molecule has 22 heteroatoms. The van der Waals surface area contributed by atoms with Gasteiger partial charge in [-0.1, -0.05) is 65.0 Å². The van der Waals surface area contributed by atoms with Gasteiger partial charge in [-0.3, -0.25) is 43.2 Å². The Hall–Kier alpha value is -6.16. The molecule has 14 N–H and O–H groups in total. The molecule has 63 heavy (non-hydrogen) atoms. The summed E-state index contributed by atoms with van der Waals surface area (Å²) < 4.78 is 0. The summed E-state index contributed by atoms with van der Waals surface area (Å²) in [7, 11) is 0. The molecule has 7 amide bonds. The van der Waals surface area contributed by atoms with Crippen LogP contribution >= 0.6 is 0 Å². The molecular weight excluding hydrogens is 828 g/mol. The molecule has 0 bridgehead atoms. The van der Waals surface area contributed by atoms with E-state index in [0.717, 1.165) is 0 Å². The van der Waals surface area contributed by atoms with Crippen LogP contribution in [0.25, 0.3) is 0 Å². The van der Waals surface area contributed by atoms with E-state index in [4.69, 9.17) is 16.6 Å². The van der Waals surface area contributed by atoms with Crippen molar-refractivity contribution in [1.29, 1.82) is 0 Å². The Kier molecular flexibility index (Phi) is 23.5. The number of rotatable bonds is 29. The molecule has 0 spiro atoms. The number of primary amides is 1. The van der Waals surface area contributed by atoms with Crippen molar-refractivity contribution in [2.75, 3.05) is 0 Å². The SMILES string of the molecule is CC(C)C[C@@H](NC(=O)[C@H](CC(N)=O)NC(=O)[C@@H](NC(=O)[C@@H](N)CCC(=O)O)C(C)C)[C@H](O)C[C@@H](C)C(=O)N[C@@H](C)C(=O)N[C@@H](CCC(=O)O)C(=O)N[C@@H](Cc1ccccc1)C(=O)O. The van der Waals surface area contributed by atoms with Crippen LogP contribution in [0.3, 0.4) is 0 Å². The van der Waals surface area contributed by atoms with Crippen molar-refractivity contribution in [2.24, 2.45) is 29.2 Å². The fourth-order valence-corrected chi connectivity index (χ4v) is 6.19. The number of carbonyl (C=O) groups excluding carboxylic acids is 7. The number of carbonyl (C=O) groups is 10. The van der Waals surface area contributed by atoms with E-state index in [-0.39, 0.29) is 31.6 Å². The maximum atomic E-state index is 13.6. The zero-order valence-corrected chi connectivity index (χ0v) is 36.4. The van der Waals surface area contributed by atoms with E-state index in [0.29, 0.717) is 5.56 Å². The van der Waals surface area contributed by atoms with Crippen LogP contribution in [0, 0.1) is 17.8 Å². The van der Waals surface area contributed by atoms with Crippen molar-refractivity contribution in [3.05, 3.63) is 35.9 Å². The Balaban J connectivity index is 3.07. The van der Waals surface area contributed by atoms with Gasteiger partial charge < -0.3 is 63.8 Å². The van der Waals surface area contributed by atoms with E-state index >= 15 is 0 Å². The summed E-state index contributed by atoms with van der Waals surface area (Å²) in [6, 6.07) is -0.933. The molecular formula is C41H64N8O14. The van der Waals surface area contributed by atoms with Crippen molar-refractivity contribution >= 4 is 59.3 Å². The average molecular weight is 893 g/mol. The number of hydrogen-bond donors (Lipinski definition) is 12. The summed E-state index contributed by atoms with van der Waals surface area (Å²) in [5.41, 5.74) is 11.8. The molecule has 0 radical (unpaired) electrons. The lowest BCUT2D eigenvalue weighted by Gasteiger charge is -2.30. The Morgan fingerprint density at radius 2 is 1.14 bits per heavy atom. The Morgan fingerprint density at radius 3 is 1.67 bits per heavy atom. The molecule has 22 nitrogen and oxygen atoms in total. The quantitative estimate of drug-likeness (QED) is 0.0425. The summed E-state index contributed by atoms with van der Waals surface area (Å²) in [6.45, 7) is 9.47. The van der Waals surface area contributed by atoms with Crippen LogP contribution in [0.1, 0.15) is 92.1 Å². The third-order valence-electron chi connectivity index (χ3n) is 9.78. The molecule has 352 valence electrons. The highest BCUT2D eigenvalue weighted by Gasteiger charge is 2.35. The second-order valence-electron chi connectivity index (χ2n) is 16.3. The molecule has 1 aromatic carbocycles. The van der Waals surface area contributed by atoms with Crippen molar-refractivity contribution in [3.8, 4) is 0 Å². The van der Waals surface area contributed by atoms with Crippen molar-refractivity contribution in [2.45, 2.75) is 141 Å². The summed E-state index contributed by atoms with van der Waals surface area (Å²) >= 11 is 0. The van der Waals surface area contributed by atoms with Gasteiger partial charge in [0, 0.05) is 25.2 Å². The molecule has 1 rings (SSSR count). The number of carboxylic acids is 3. The van der Waals surface area contributed by atoms with E-state index in [2.05, 4.69) is 31.9 Å². The van der Waals surface area contributed by atoms with Gasteiger partial charge in [0.05, 0.1) is 24.6 Å². The highest BCUT2D eigenvalue weighted by molar-refractivity contribution is 5.96. The number of amides is 7.